The monoisotopic (exact) mass is 255 g/mol. The molecule has 98 valence electrons. The van der Waals surface area contributed by atoms with Crippen molar-refractivity contribution in [1.29, 1.82) is 0 Å². The Morgan fingerprint density at radius 2 is 1.95 bits per heavy atom. The first-order valence-corrected chi connectivity index (χ1v) is 6.53. The summed E-state index contributed by atoms with van der Waals surface area (Å²) in [6.07, 6.45) is 3.99. The number of hydrogen-bond acceptors (Lipinski definition) is 2. The molecule has 1 aliphatic rings. The highest BCUT2D eigenvalue weighted by atomic mass is 16.2. The van der Waals surface area contributed by atoms with Gasteiger partial charge in [0.1, 0.15) is 0 Å². The van der Waals surface area contributed by atoms with Crippen molar-refractivity contribution in [1.82, 2.24) is 14.7 Å². The van der Waals surface area contributed by atoms with E-state index in [2.05, 4.69) is 5.10 Å². The van der Waals surface area contributed by atoms with Crippen molar-refractivity contribution in [2.24, 2.45) is 0 Å². The Morgan fingerprint density at radius 1 is 1.26 bits per heavy atom. The number of para-hydroxylation sites is 1. The van der Waals surface area contributed by atoms with Gasteiger partial charge in [0.2, 0.25) is 0 Å². The van der Waals surface area contributed by atoms with Crippen molar-refractivity contribution in [2.75, 3.05) is 14.1 Å². The Bertz CT molecular complexity index is 597. The van der Waals surface area contributed by atoms with Crippen LogP contribution in [-0.2, 0) is 0 Å². The third-order valence-corrected chi connectivity index (χ3v) is 3.41. The molecule has 0 N–H and O–H groups in total. The molecular formula is C15H17N3O. The standard InChI is InChI=1S/C15H17N3O/c1-17(2)15(19)13-10-16-18(14(13)11-8-9-11)12-6-4-3-5-7-12/h3-7,10-11H,8-9H2,1-2H3. The van der Waals surface area contributed by atoms with Gasteiger partial charge in [0, 0.05) is 20.0 Å². The van der Waals surface area contributed by atoms with Gasteiger partial charge in [-0.25, -0.2) is 4.68 Å². The van der Waals surface area contributed by atoms with Crippen molar-refractivity contribution in [2.45, 2.75) is 18.8 Å². The maximum atomic E-state index is 12.2. The van der Waals surface area contributed by atoms with E-state index in [1.165, 1.54) is 0 Å². The molecule has 1 aromatic heterocycles. The van der Waals surface area contributed by atoms with Gasteiger partial charge in [-0.1, -0.05) is 18.2 Å². The van der Waals surface area contributed by atoms with Gasteiger partial charge in [0.15, 0.2) is 0 Å². The quantitative estimate of drug-likeness (QED) is 0.845. The zero-order valence-electron chi connectivity index (χ0n) is 11.2. The van der Waals surface area contributed by atoms with Crippen molar-refractivity contribution in [3.8, 4) is 5.69 Å². The zero-order chi connectivity index (χ0) is 13.4. The number of benzene rings is 1. The summed E-state index contributed by atoms with van der Waals surface area (Å²) >= 11 is 0. The van der Waals surface area contributed by atoms with Crippen LogP contribution in [0.2, 0.25) is 0 Å². The van der Waals surface area contributed by atoms with E-state index in [0.717, 1.165) is 29.8 Å². The molecule has 1 amide bonds. The van der Waals surface area contributed by atoms with Crippen LogP contribution in [0.4, 0.5) is 0 Å². The predicted molar refractivity (Wildman–Crippen MR) is 73.6 cm³/mol. The van der Waals surface area contributed by atoms with Crippen LogP contribution in [0.1, 0.15) is 34.8 Å². The minimum atomic E-state index is 0.0316. The van der Waals surface area contributed by atoms with Gasteiger partial charge in [0.25, 0.3) is 5.91 Å². The Morgan fingerprint density at radius 3 is 2.53 bits per heavy atom. The Kier molecular flexibility index (Phi) is 2.85. The van der Waals surface area contributed by atoms with Crippen LogP contribution in [0.3, 0.4) is 0 Å². The maximum absolute atomic E-state index is 12.2. The average Bonchev–Trinajstić information content (AvgIpc) is 3.17. The smallest absolute Gasteiger partial charge is 0.256 e. The summed E-state index contributed by atoms with van der Waals surface area (Å²) in [4.78, 5) is 13.8. The molecule has 4 heteroatoms. The molecule has 0 radical (unpaired) electrons. The Labute approximate surface area is 112 Å². The number of nitrogens with zero attached hydrogens (tertiary/aromatic N) is 3. The highest BCUT2D eigenvalue weighted by Crippen LogP contribution is 2.42. The lowest BCUT2D eigenvalue weighted by Gasteiger charge is -2.12. The largest absolute Gasteiger partial charge is 0.345 e. The minimum Gasteiger partial charge on any atom is -0.345 e. The summed E-state index contributed by atoms with van der Waals surface area (Å²) in [5.41, 5.74) is 2.81. The molecule has 0 spiro atoms. The van der Waals surface area contributed by atoms with E-state index in [4.69, 9.17) is 0 Å². The molecule has 1 aliphatic carbocycles. The molecule has 1 heterocycles. The molecule has 2 aromatic rings. The van der Waals surface area contributed by atoms with E-state index >= 15 is 0 Å². The van der Waals surface area contributed by atoms with Gasteiger partial charge in [-0.15, -0.1) is 0 Å². The number of rotatable bonds is 3. The third kappa shape index (κ3) is 2.14. The van der Waals surface area contributed by atoms with Crippen LogP contribution in [-0.4, -0.2) is 34.7 Å². The first-order valence-electron chi connectivity index (χ1n) is 6.53. The summed E-state index contributed by atoms with van der Waals surface area (Å²) in [7, 11) is 3.55. The molecule has 1 fully saturated rings. The predicted octanol–water partition coefficient (Wildman–Crippen LogP) is 2.45. The van der Waals surface area contributed by atoms with Crippen LogP contribution < -0.4 is 0 Å². The first kappa shape index (κ1) is 12.0. The van der Waals surface area contributed by atoms with Crippen LogP contribution >= 0.6 is 0 Å². The number of carbonyl (C=O) groups is 1. The Hall–Kier alpha value is -2.10. The van der Waals surface area contributed by atoms with Crippen molar-refractivity contribution < 1.29 is 4.79 Å². The fourth-order valence-corrected chi connectivity index (χ4v) is 2.29. The lowest BCUT2D eigenvalue weighted by molar-refractivity contribution is 0.0826. The lowest BCUT2D eigenvalue weighted by Crippen LogP contribution is -2.22. The van der Waals surface area contributed by atoms with Crippen molar-refractivity contribution in [3.05, 3.63) is 47.8 Å². The van der Waals surface area contributed by atoms with E-state index < -0.39 is 0 Å². The summed E-state index contributed by atoms with van der Waals surface area (Å²) in [5.74, 6) is 0.505. The van der Waals surface area contributed by atoms with E-state index in [0.29, 0.717) is 5.92 Å². The number of carbonyl (C=O) groups excluding carboxylic acids is 1. The summed E-state index contributed by atoms with van der Waals surface area (Å²) in [6, 6.07) is 9.99. The highest BCUT2D eigenvalue weighted by molar-refractivity contribution is 5.95. The number of aromatic nitrogens is 2. The summed E-state index contributed by atoms with van der Waals surface area (Å²) < 4.78 is 1.91. The normalized spacial score (nSPS) is 14.4. The minimum absolute atomic E-state index is 0.0316. The van der Waals surface area contributed by atoms with E-state index in [1.54, 1.807) is 25.2 Å². The van der Waals surface area contributed by atoms with Gasteiger partial charge >= 0.3 is 0 Å². The molecule has 1 aromatic carbocycles. The second-order valence-corrected chi connectivity index (χ2v) is 5.16. The van der Waals surface area contributed by atoms with Crippen LogP contribution in [0.15, 0.2) is 36.5 Å². The van der Waals surface area contributed by atoms with Gasteiger partial charge in [-0.3, -0.25) is 4.79 Å². The molecule has 0 unspecified atom stereocenters. The topological polar surface area (TPSA) is 38.1 Å². The van der Waals surface area contributed by atoms with E-state index in [1.807, 2.05) is 35.0 Å². The Balaban J connectivity index is 2.09. The highest BCUT2D eigenvalue weighted by Gasteiger charge is 2.33. The second-order valence-electron chi connectivity index (χ2n) is 5.16. The molecule has 0 bridgehead atoms. The van der Waals surface area contributed by atoms with Gasteiger partial charge in [0.05, 0.1) is 23.1 Å². The van der Waals surface area contributed by atoms with Gasteiger partial charge < -0.3 is 4.90 Å². The lowest BCUT2D eigenvalue weighted by atomic mass is 10.1. The average molecular weight is 255 g/mol. The van der Waals surface area contributed by atoms with Gasteiger partial charge in [-0.2, -0.15) is 5.10 Å². The van der Waals surface area contributed by atoms with E-state index in [-0.39, 0.29) is 5.91 Å². The number of hydrogen-bond donors (Lipinski definition) is 0. The molecule has 3 rings (SSSR count). The van der Waals surface area contributed by atoms with E-state index in [9.17, 15) is 4.79 Å². The maximum Gasteiger partial charge on any atom is 0.256 e. The molecular weight excluding hydrogens is 238 g/mol. The fourth-order valence-electron chi connectivity index (χ4n) is 2.29. The third-order valence-electron chi connectivity index (χ3n) is 3.41. The summed E-state index contributed by atoms with van der Waals surface area (Å²) in [5, 5.41) is 4.42. The molecule has 4 nitrogen and oxygen atoms in total. The molecule has 19 heavy (non-hydrogen) atoms. The molecule has 0 atom stereocenters. The summed E-state index contributed by atoms with van der Waals surface area (Å²) in [6.45, 7) is 0. The fraction of sp³-hybridized carbons (Fsp3) is 0.333. The van der Waals surface area contributed by atoms with Crippen LogP contribution in [0, 0.1) is 0 Å². The first-order chi connectivity index (χ1) is 9.18. The van der Waals surface area contributed by atoms with Crippen LogP contribution in [0.25, 0.3) is 5.69 Å². The van der Waals surface area contributed by atoms with Gasteiger partial charge in [-0.05, 0) is 25.0 Å². The van der Waals surface area contributed by atoms with Crippen molar-refractivity contribution >= 4 is 5.91 Å². The van der Waals surface area contributed by atoms with Crippen LogP contribution in [0.5, 0.6) is 0 Å². The number of amides is 1. The van der Waals surface area contributed by atoms with Crippen molar-refractivity contribution in [3.63, 3.8) is 0 Å². The molecule has 0 saturated heterocycles. The zero-order valence-corrected chi connectivity index (χ0v) is 11.2. The second kappa shape index (κ2) is 4.53. The molecule has 1 saturated carbocycles. The molecule has 0 aliphatic heterocycles. The SMILES string of the molecule is CN(C)C(=O)c1cnn(-c2ccccc2)c1C1CC1.